The van der Waals surface area contributed by atoms with Gasteiger partial charge in [0.25, 0.3) is 0 Å². The number of carbonyl (C=O) groups is 1. The van der Waals surface area contributed by atoms with E-state index in [2.05, 4.69) is 0 Å². The van der Waals surface area contributed by atoms with E-state index in [1.807, 2.05) is 41.1 Å². The second kappa shape index (κ2) is 6.35. The molecule has 0 radical (unpaired) electrons. The van der Waals surface area contributed by atoms with Crippen molar-refractivity contribution in [1.29, 1.82) is 0 Å². The highest BCUT2D eigenvalue weighted by molar-refractivity contribution is 7.99. The number of aromatic nitrogens is 2. The summed E-state index contributed by atoms with van der Waals surface area (Å²) in [7, 11) is 0. The molecule has 1 aromatic heterocycles. The monoisotopic (exact) mass is 302 g/mol. The van der Waals surface area contributed by atoms with Crippen molar-refractivity contribution in [2.45, 2.75) is 36.8 Å². The van der Waals surface area contributed by atoms with Crippen molar-refractivity contribution in [2.75, 3.05) is 5.75 Å². The second-order valence-electron chi connectivity index (χ2n) is 5.30. The molecule has 1 saturated carbocycles. The number of rotatable bonds is 5. The maximum Gasteiger partial charge on any atom is 0.313 e. The van der Waals surface area contributed by atoms with Gasteiger partial charge in [-0.25, -0.2) is 0 Å². The molecule has 3 rings (SSSR count). The van der Waals surface area contributed by atoms with Crippen LogP contribution in [0.4, 0.5) is 0 Å². The van der Waals surface area contributed by atoms with Crippen LogP contribution in [0.15, 0.2) is 41.4 Å². The lowest BCUT2D eigenvalue weighted by molar-refractivity contribution is -0.133. The topological polar surface area (TPSA) is 55.1 Å². The molecule has 1 aromatic carbocycles. The molecule has 0 unspecified atom stereocenters. The first-order chi connectivity index (χ1) is 10.2. The zero-order valence-corrected chi connectivity index (χ0v) is 12.6. The first-order valence-corrected chi connectivity index (χ1v) is 8.22. The van der Waals surface area contributed by atoms with Crippen LogP contribution in [0, 0.1) is 0 Å². The molecule has 1 aliphatic rings. The summed E-state index contributed by atoms with van der Waals surface area (Å²) in [6, 6.07) is 12.5. The molecular formula is C16H18N2O2S. The van der Waals surface area contributed by atoms with Crippen LogP contribution < -0.4 is 0 Å². The molecule has 0 amide bonds. The highest BCUT2D eigenvalue weighted by atomic mass is 32.2. The van der Waals surface area contributed by atoms with Gasteiger partial charge >= 0.3 is 5.97 Å². The van der Waals surface area contributed by atoms with Gasteiger partial charge in [0.15, 0.2) is 0 Å². The lowest BCUT2D eigenvalue weighted by Crippen LogP contribution is -2.09. The molecule has 0 bridgehead atoms. The zero-order chi connectivity index (χ0) is 14.7. The maximum atomic E-state index is 10.8. The predicted octanol–water partition coefficient (Wildman–Crippen LogP) is 3.84. The van der Waals surface area contributed by atoms with Crippen molar-refractivity contribution in [3.63, 3.8) is 0 Å². The Labute approximate surface area is 128 Å². The molecule has 21 heavy (non-hydrogen) atoms. The minimum Gasteiger partial charge on any atom is -0.481 e. The molecule has 0 atom stereocenters. The van der Waals surface area contributed by atoms with E-state index in [0.29, 0.717) is 6.04 Å². The molecular weight excluding hydrogens is 284 g/mol. The summed E-state index contributed by atoms with van der Waals surface area (Å²) in [5.74, 6) is -0.715. The Bertz CT molecular complexity index is 618. The molecule has 1 heterocycles. The van der Waals surface area contributed by atoms with Crippen molar-refractivity contribution >= 4 is 17.7 Å². The van der Waals surface area contributed by atoms with E-state index < -0.39 is 5.97 Å². The number of hydrogen-bond donors (Lipinski definition) is 1. The third-order valence-corrected chi connectivity index (χ3v) is 4.78. The molecule has 4 nitrogen and oxygen atoms in total. The highest BCUT2D eigenvalue weighted by Gasteiger charge is 2.22. The lowest BCUT2D eigenvalue weighted by Gasteiger charge is -2.13. The fraction of sp³-hybridized carbons (Fsp3) is 0.375. The van der Waals surface area contributed by atoms with Crippen LogP contribution in [0.5, 0.6) is 0 Å². The van der Waals surface area contributed by atoms with Crippen LogP contribution in [0.25, 0.3) is 11.3 Å². The summed E-state index contributed by atoms with van der Waals surface area (Å²) >= 11 is 1.36. The second-order valence-corrected chi connectivity index (χ2v) is 6.29. The van der Waals surface area contributed by atoms with Gasteiger partial charge < -0.3 is 5.11 Å². The maximum absolute atomic E-state index is 10.8. The van der Waals surface area contributed by atoms with Crippen LogP contribution in [-0.2, 0) is 4.79 Å². The Morgan fingerprint density at radius 1 is 1.29 bits per heavy atom. The van der Waals surface area contributed by atoms with E-state index in [9.17, 15) is 4.79 Å². The number of carboxylic acids is 1. The van der Waals surface area contributed by atoms with Crippen LogP contribution in [0.3, 0.4) is 0 Å². The van der Waals surface area contributed by atoms with Gasteiger partial charge in [-0.05, 0) is 18.9 Å². The van der Waals surface area contributed by atoms with Crippen molar-refractivity contribution in [3.05, 3.63) is 36.4 Å². The van der Waals surface area contributed by atoms with E-state index in [0.717, 1.165) is 29.1 Å². The smallest absolute Gasteiger partial charge is 0.313 e. The molecule has 0 aliphatic heterocycles. The Hall–Kier alpha value is -1.75. The van der Waals surface area contributed by atoms with E-state index in [1.54, 1.807) is 0 Å². The van der Waals surface area contributed by atoms with Crippen LogP contribution in [0.1, 0.15) is 31.7 Å². The molecule has 5 heteroatoms. The number of thioether (sulfide) groups is 1. The van der Waals surface area contributed by atoms with Crippen molar-refractivity contribution in [1.82, 2.24) is 9.78 Å². The summed E-state index contributed by atoms with van der Waals surface area (Å²) in [6.07, 6.45) is 4.73. The Balaban J connectivity index is 1.92. The van der Waals surface area contributed by atoms with Crippen molar-refractivity contribution < 1.29 is 9.90 Å². The number of aliphatic carboxylic acids is 1. The van der Waals surface area contributed by atoms with E-state index in [1.165, 1.54) is 24.6 Å². The molecule has 0 spiro atoms. The average Bonchev–Trinajstić information content (AvgIpc) is 3.15. The van der Waals surface area contributed by atoms with Gasteiger partial charge in [0.1, 0.15) is 0 Å². The molecule has 0 saturated heterocycles. The first kappa shape index (κ1) is 14.2. The third kappa shape index (κ3) is 3.29. The number of nitrogens with zero attached hydrogens (tertiary/aromatic N) is 2. The molecule has 1 aliphatic carbocycles. The fourth-order valence-corrected chi connectivity index (χ4v) is 3.57. The average molecular weight is 302 g/mol. The number of carboxylic acid groups (broad SMARTS) is 1. The minimum absolute atomic E-state index is 0.0760. The summed E-state index contributed by atoms with van der Waals surface area (Å²) in [4.78, 5) is 10.8. The quantitative estimate of drug-likeness (QED) is 0.853. The van der Waals surface area contributed by atoms with E-state index in [-0.39, 0.29) is 5.75 Å². The van der Waals surface area contributed by atoms with Gasteiger partial charge in [-0.2, -0.15) is 5.10 Å². The van der Waals surface area contributed by atoms with Gasteiger partial charge in [-0.3, -0.25) is 9.48 Å². The Kier molecular flexibility index (Phi) is 4.29. The number of benzene rings is 1. The summed E-state index contributed by atoms with van der Waals surface area (Å²) in [6.45, 7) is 0. The zero-order valence-electron chi connectivity index (χ0n) is 11.7. The van der Waals surface area contributed by atoms with Gasteiger partial charge in [0.2, 0.25) is 0 Å². The van der Waals surface area contributed by atoms with Gasteiger partial charge in [-0.1, -0.05) is 54.9 Å². The van der Waals surface area contributed by atoms with Gasteiger partial charge in [0.05, 0.1) is 22.5 Å². The predicted molar refractivity (Wildman–Crippen MR) is 83.5 cm³/mol. The summed E-state index contributed by atoms with van der Waals surface area (Å²) < 4.78 is 2.04. The first-order valence-electron chi connectivity index (χ1n) is 7.23. The van der Waals surface area contributed by atoms with Crippen LogP contribution >= 0.6 is 11.8 Å². The number of hydrogen-bond acceptors (Lipinski definition) is 3. The standard InChI is InChI=1S/C16H18N2O2S/c19-16(20)11-21-15-10-14(12-6-2-1-3-7-12)17-18(15)13-8-4-5-9-13/h1-3,6-7,10,13H,4-5,8-9,11H2,(H,19,20). The molecule has 110 valence electrons. The lowest BCUT2D eigenvalue weighted by atomic mass is 10.2. The van der Waals surface area contributed by atoms with Gasteiger partial charge in [0, 0.05) is 5.56 Å². The Morgan fingerprint density at radius 2 is 2.00 bits per heavy atom. The summed E-state index contributed by atoms with van der Waals surface area (Å²) in [5, 5.41) is 14.6. The minimum atomic E-state index is -0.791. The largest absolute Gasteiger partial charge is 0.481 e. The highest BCUT2D eigenvalue weighted by Crippen LogP contribution is 2.35. The summed E-state index contributed by atoms with van der Waals surface area (Å²) in [5.41, 5.74) is 2.00. The molecule has 2 aromatic rings. The molecule has 1 N–H and O–H groups in total. The van der Waals surface area contributed by atoms with E-state index in [4.69, 9.17) is 10.2 Å². The Morgan fingerprint density at radius 3 is 2.67 bits per heavy atom. The fourth-order valence-electron chi connectivity index (χ4n) is 2.78. The van der Waals surface area contributed by atoms with Crippen LogP contribution in [-0.4, -0.2) is 26.6 Å². The van der Waals surface area contributed by atoms with E-state index >= 15 is 0 Å². The van der Waals surface area contributed by atoms with Crippen LogP contribution in [0.2, 0.25) is 0 Å². The third-order valence-electron chi connectivity index (χ3n) is 3.79. The van der Waals surface area contributed by atoms with Crippen molar-refractivity contribution in [3.8, 4) is 11.3 Å². The molecule has 1 fully saturated rings. The normalized spacial score (nSPS) is 15.4. The van der Waals surface area contributed by atoms with Crippen molar-refractivity contribution in [2.24, 2.45) is 0 Å². The SMILES string of the molecule is O=C(O)CSc1cc(-c2ccccc2)nn1C1CCCC1. The van der Waals surface area contributed by atoms with Gasteiger partial charge in [-0.15, -0.1) is 0 Å².